The highest BCUT2D eigenvalue weighted by Crippen LogP contribution is 2.01. The minimum absolute atomic E-state index is 0.340. The van der Waals surface area contributed by atoms with E-state index < -0.39 is 0 Å². The van der Waals surface area contributed by atoms with Gasteiger partial charge in [-0.1, -0.05) is 6.92 Å². The first-order valence-corrected chi connectivity index (χ1v) is 5.52. The maximum atomic E-state index is 5.26. The number of anilines is 1. The van der Waals surface area contributed by atoms with E-state index in [4.69, 9.17) is 5.73 Å². The predicted octanol–water partition coefficient (Wildman–Crippen LogP) is 1.38. The predicted molar refractivity (Wildman–Crippen MR) is 62.5 cm³/mol. The van der Waals surface area contributed by atoms with Crippen LogP contribution in [0.5, 0.6) is 0 Å². The van der Waals surface area contributed by atoms with Gasteiger partial charge in [-0.2, -0.15) is 0 Å². The fourth-order valence-corrected chi connectivity index (χ4v) is 1.41. The molecule has 1 fully saturated rings. The monoisotopic (exact) mass is 208 g/mol. The first-order chi connectivity index (χ1) is 7.22. The molecule has 0 amide bonds. The molecule has 1 unspecified atom stereocenters. The van der Waals surface area contributed by atoms with Gasteiger partial charge >= 0.3 is 0 Å². The second kappa shape index (κ2) is 6.35. The molecule has 84 valence electrons. The third-order valence-electron chi connectivity index (χ3n) is 2.44. The quantitative estimate of drug-likeness (QED) is 0.732. The van der Waals surface area contributed by atoms with Crippen LogP contribution in [0.15, 0.2) is 12.4 Å². The second-order valence-corrected chi connectivity index (χ2v) is 3.80. The van der Waals surface area contributed by atoms with Gasteiger partial charge in [0.25, 0.3) is 0 Å². The third-order valence-corrected chi connectivity index (χ3v) is 2.44. The summed E-state index contributed by atoms with van der Waals surface area (Å²) < 4.78 is 0. The maximum Gasteiger partial charge on any atom is 0.219 e. The normalized spacial score (nSPS) is 19.5. The van der Waals surface area contributed by atoms with Crippen molar-refractivity contribution >= 4 is 5.95 Å². The lowest BCUT2D eigenvalue weighted by atomic mass is 10.3. The number of nitrogen functional groups attached to an aromatic ring is 1. The van der Waals surface area contributed by atoms with Crippen LogP contribution >= 0.6 is 0 Å². The zero-order valence-electron chi connectivity index (χ0n) is 9.53. The zero-order chi connectivity index (χ0) is 11.1. The van der Waals surface area contributed by atoms with Crippen molar-refractivity contribution in [2.45, 2.75) is 39.2 Å². The van der Waals surface area contributed by atoms with E-state index in [0.29, 0.717) is 5.95 Å². The SMILES string of the molecule is CC1CCCN1.CCc1cnc(N)nc1. The Hall–Kier alpha value is -1.16. The van der Waals surface area contributed by atoms with Crippen LogP contribution in [0.2, 0.25) is 0 Å². The summed E-state index contributed by atoms with van der Waals surface area (Å²) in [6, 6.07) is 0.796. The highest BCUT2D eigenvalue weighted by Gasteiger charge is 2.05. The van der Waals surface area contributed by atoms with Crippen molar-refractivity contribution < 1.29 is 0 Å². The summed E-state index contributed by atoms with van der Waals surface area (Å²) in [5.41, 5.74) is 6.37. The van der Waals surface area contributed by atoms with Gasteiger partial charge in [0, 0.05) is 18.4 Å². The Morgan fingerprint density at radius 2 is 2.13 bits per heavy atom. The Labute approximate surface area is 91.3 Å². The molecule has 2 heterocycles. The van der Waals surface area contributed by atoms with Gasteiger partial charge in [-0.15, -0.1) is 0 Å². The molecule has 2 rings (SSSR count). The van der Waals surface area contributed by atoms with Crippen LogP contribution in [0.3, 0.4) is 0 Å². The molecule has 0 saturated carbocycles. The lowest BCUT2D eigenvalue weighted by molar-refractivity contribution is 0.664. The van der Waals surface area contributed by atoms with Gasteiger partial charge in [-0.25, -0.2) is 9.97 Å². The molecule has 4 heteroatoms. The number of hydrogen-bond acceptors (Lipinski definition) is 4. The molecule has 15 heavy (non-hydrogen) atoms. The van der Waals surface area contributed by atoms with Crippen molar-refractivity contribution in [3.05, 3.63) is 18.0 Å². The van der Waals surface area contributed by atoms with Crippen molar-refractivity contribution in [1.82, 2.24) is 15.3 Å². The van der Waals surface area contributed by atoms with Crippen molar-refractivity contribution in [3.8, 4) is 0 Å². The summed E-state index contributed by atoms with van der Waals surface area (Å²) in [5, 5.41) is 3.32. The molecule has 1 aliphatic rings. The summed E-state index contributed by atoms with van der Waals surface area (Å²) >= 11 is 0. The Morgan fingerprint density at radius 1 is 1.47 bits per heavy atom. The Morgan fingerprint density at radius 3 is 2.47 bits per heavy atom. The van der Waals surface area contributed by atoms with Crippen molar-refractivity contribution in [3.63, 3.8) is 0 Å². The van der Waals surface area contributed by atoms with Gasteiger partial charge in [-0.3, -0.25) is 0 Å². The fourth-order valence-electron chi connectivity index (χ4n) is 1.41. The average molecular weight is 208 g/mol. The minimum atomic E-state index is 0.340. The Balaban J connectivity index is 0.000000162. The van der Waals surface area contributed by atoms with Crippen LogP contribution in [0.25, 0.3) is 0 Å². The molecule has 0 bridgehead atoms. The van der Waals surface area contributed by atoms with Gasteiger partial charge < -0.3 is 11.1 Å². The molecule has 0 aliphatic carbocycles. The van der Waals surface area contributed by atoms with E-state index in [1.165, 1.54) is 19.4 Å². The smallest absolute Gasteiger partial charge is 0.219 e. The van der Waals surface area contributed by atoms with Gasteiger partial charge in [0.15, 0.2) is 0 Å². The molecule has 0 radical (unpaired) electrons. The van der Waals surface area contributed by atoms with E-state index in [1.807, 2.05) is 0 Å². The fraction of sp³-hybridized carbons (Fsp3) is 0.636. The molecule has 1 aromatic rings. The maximum absolute atomic E-state index is 5.26. The van der Waals surface area contributed by atoms with Crippen molar-refractivity contribution in [2.75, 3.05) is 12.3 Å². The van der Waals surface area contributed by atoms with Gasteiger partial charge in [0.05, 0.1) is 0 Å². The molecule has 0 spiro atoms. The number of aryl methyl sites for hydroxylation is 1. The van der Waals surface area contributed by atoms with E-state index in [9.17, 15) is 0 Å². The summed E-state index contributed by atoms with van der Waals surface area (Å²) in [6.07, 6.45) is 7.19. The van der Waals surface area contributed by atoms with Gasteiger partial charge in [-0.05, 0) is 38.3 Å². The summed E-state index contributed by atoms with van der Waals surface area (Å²) in [7, 11) is 0. The van der Waals surface area contributed by atoms with Crippen LogP contribution in [-0.2, 0) is 6.42 Å². The zero-order valence-corrected chi connectivity index (χ0v) is 9.53. The summed E-state index contributed by atoms with van der Waals surface area (Å²) in [6.45, 7) is 5.52. The third kappa shape index (κ3) is 4.74. The average Bonchev–Trinajstić information content (AvgIpc) is 2.71. The van der Waals surface area contributed by atoms with Gasteiger partial charge in [0.2, 0.25) is 5.95 Å². The standard InChI is InChI=1S/C6H9N3.C5H11N/c1-2-5-3-8-6(7)9-4-5;1-5-3-2-4-6-5/h3-4H,2H2,1H3,(H2,7,8,9);5-6H,2-4H2,1H3. The number of rotatable bonds is 1. The molecule has 0 aromatic carbocycles. The Kier molecular flexibility index (Phi) is 5.04. The first-order valence-electron chi connectivity index (χ1n) is 5.52. The number of hydrogen-bond donors (Lipinski definition) is 2. The van der Waals surface area contributed by atoms with E-state index in [2.05, 4.69) is 29.1 Å². The highest BCUT2D eigenvalue weighted by molar-refractivity contribution is 5.16. The number of nitrogens with zero attached hydrogens (tertiary/aromatic N) is 2. The van der Waals surface area contributed by atoms with E-state index in [-0.39, 0.29) is 0 Å². The first kappa shape index (κ1) is 11.9. The van der Waals surface area contributed by atoms with Crippen molar-refractivity contribution in [1.29, 1.82) is 0 Å². The lowest BCUT2D eigenvalue weighted by Gasteiger charge is -1.95. The number of nitrogens with one attached hydrogen (secondary N) is 1. The second-order valence-electron chi connectivity index (χ2n) is 3.80. The van der Waals surface area contributed by atoms with Crippen LogP contribution in [0.4, 0.5) is 5.95 Å². The molecule has 3 N–H and O–H groups in total. The minimum Gasteiger partial charge on any atom is -0.368 e. The number of nitrogens with two attached hydrogens (primary N) is 1. The molecular formula is C11H20N4. The molecular weight excluding hydrogens is 188 g/mol. The van der Waals surface area contributed by atoms with Crippen LogP contribution in [0.1, 0.15) is 32.3 Å². The number of aromatic nitrogens is 2. The Bertz CT molecular complexity index is 264. The van der Waals surface area contributed by atoms with Gasteiger partial charge in [0.1, 0.15) is 0 Å². The molecule has 1 aromatic heterocycles. The van der Waals surface area contributed by atoms with Crippen LogP contribution in [-0.4, -0.2) is 22.6 Å². The van der Waals surface area contributed by atoms with Crippen LogP contribution in [0, 0.1) is 0 Å². The molecule has 1 aliphatic heterocycles. The van der Waals surface area contributed by atoms with E-state index >= 15 is 0 Å². The largest absolute Gasteiger partial charge is 0.368 e. The topological polar surface area (TPSA) is 63.8 Å². The van der Waals surface area contributed by atoms with Crippen molar-refractivity contribution in [2.24, 2.45) is 0 Å². The summed E-state index contributed by atoms with van der Waals surface area (Å²) in [4.78, 5) is 7.63. The van der Waals surface area contributed by atoms with E-state index in [0.717, 1.165) is 18.0 Å². The molecule has 1 saturated heterocycles. The van der Waals surface area contributed by atoms with Crippen LogP contribution < -0.4 is 11.1 Å². The molecule has 4 nitrogen and oxygen atoms in total. The summed E-state index contributed by atoms with van der Waals surface area (Å²) in [5.74, 6) is 0.340. The van der Waals surface area contributed by atoms with E-state index in [1.54, 1.807) is 12.4 Å². The lowest BCUT2D eigenvalue weighted by Crippen LogP contribution is -2.16. The molecule has 1 atom stereocenters. The highest BCUT2D eigenvalue weighted by atomic mass is 15.0.